The molecule has 1 saturated heterocycles. The maximum atomic E-state index is 13.4. The standard InChI is InChI=1S/C20H36N3O5PSi/c1-11(2)14(24)20(22-18(26)28-19(3,4)5)13(23(16(20)25)17(21)29)12-9-10-27-15(12)30(6,7)8/h9-11,13-14,17,24H,21,29H2,1-8H3,(H,22,26)/t13-,14-,17+,20-/m0/s1. The summed E-state index contributed by atoms with van der Waals surface area (Å²) in [7, 11) is 0.470. The van der Waals surface area contributed by atoms with Crippen LogP contribution in [0.5, 0.6) is 0 Å². The highest BCUT2D eigenvalue weighted by Crippen LogP contribution is 2.48. The van der Waals surface area contributed by atoms with Crippen LogP contribution in [0.2, 0.25) is 19.6 Å². The Balaban J connectivity index is 2.65. The van der Waals surface area contributed by atoms with E-state index >= 15 is 0 Å². The fourth-order valence-electron chi connectivity index (χ4n) is 3.93. The van der Waals surface area contributed by atoms with Crippen LogP contribution in [0, 0.1) is 5.92 Å². The molecule has 0 saturated carbocycles. The van der Waals surface area contributed by atoms with Crippen LogP contribution < -0.4 is 16.4 Å². The number of furan rings is 1. The van der Waals surface area contributed by atoms with Gasteiger partial charge in [-0.15, -0.1) is 0 Å². The van der Waals surface area contributed by atoms with Gasteiger partial charge in [-0.3, -0.25) is 4.79 Å². The Labute approximate surface area is 182 Å². The zero-order chi connectivity index (χ0) is 23.2. The number of rotatable bonds is 6. The molecule has 30 heavy (non-hydrogen) atoms. The van der Waals surface area contributed by atoms with Crippen LogP contribution in [0.25, 0.3) is 0 Å². The van der Waals surface area contributed by atoms with Gasteiger partial charge in [-0.1, -0.05) is 42.7 Å². The van der Waals surface area contributed by atoms with Crippen LogP contribution in [0.1, 0.15) is 46.2 Å². The number of β-lactam (4-membered cyclic amide) rings is 1. The summed E-state index contributed by atoms with van der Waals surface area (Å²) in [5.41, 5.74) is 4.48. The molecular weight excluding hydrogens is 421 g/mol. The Bertz CT molecular complexity index is 799. The van der Waals surface area contributed by atoms with Crippen LogP contribution in [0.15, 0.2) is 16.7 Å². The molecule has 0 radical (unpaired) electrons. The average molecular weight is 458 g/mol. The van der Waals surface area contributed by atoms with Gasteiger partial charge in [-0.2, -0.15) is 0 Å². The van der Waals surface area contributed by atoms with Crippen LogP contribution in [0.3, 0.4) is 0 Å². The zero-order valence-corrected chi connectivity index (χ0v) is 21.3. The first-order chi connectivity index (χ1) is 13.5. The summed E-state index contributed by atoms with van der Waals surface area (Å²) in [5.74, 6) is -1.46. The number of aliphatic hydroxyl groups excluding tert-OH is 1. The zero-order valence-electron chi connectivity index (χ0n) is 19.1. The average Bonchev–Trinajstić information content (AvgIpc) is 3.03. The molecule has 2 amide bonds. The van der Waals surface area contributed by atoms with Crippen LogP contribution >= 0.6 is 9.24 Å². The predicted molar refractivity (Wildman–Crippen MR) is 122 cm³/mol. The second-order valence-corrected chi connectivity index (χ2v) is 15.9. The summed E-state index contributed by atoms with van der Waals surface area (Å²) >= 11 is 0. The van der Waals surface area contributed by atoms with Crippen molar-refractivity contribution < 1.29 is 23.8 Å². The highest BCUT2D eigenvalue weighted by atomic mass is 31.0. The highest BCUT2D eigenvalue weighted by Gasteiger charge is 2.68. The molecule has 1 aliphatic rings. The molecule has 0 bridgehead atoms. The number of aliphatic hydroxyl groups is 1. The molecule has 2 rings (SSSR count). The van der Waals surface area contributed by atoms with Gasteiger partial charge in [0.25, 0.3) is 5.91 Å². The topological polar surface area (TPSA) is 118 Å². The molecule has 2 heterocycles. The highest BCUT2D eigenvalue weighted by molar-refractivity contribution is 7.17. The van der Waals surface area contributed by atoms with E-state index in [0.29, 0.717) is 0 Å². The molecule has 0 aromatic carbocycles. The molecule has 10 heteroatoms. The van der Waals surface area contributed by atoms with Crippen LogP contribution in [-0.2, 0) is 9.53 Å². The van der Waals surface area contributed by atoms with Crippen molar-refractivity contribution in [3.8, 4) is 0 Å². The van der Waals surface area contributed by atoms with Crippen molar-refractivity contribution >= 4 is 34.7 Å². The van der Waals surface area contributed by atoms with E-state index in [1.165, 1.54) is 4.90 Å². The van der Waals surface area contributed by atoms with Crippen molar-refractivity contribution in [2.75, 3.05) is 0 Å². The smallest absolute Gasteiger partial charge is 0.408 e. The lowest BCUT2D eigenvalue weighted by Gasteiger charge is -2.59. The van der Waals surface area contributed by atoms with Crippen LogP contribution in [0.4, 0.5) is 4.79 Å². The number of carbonyl (C=O) groups excluding carboxylic acids is 2. The summed E-state index contributed by atoms with van der Waals surface area (Å²) in [5, 5.41) is 14.7. The van der Waals surface area contributed by atoms with Gasteiger partial charge < -0.3 is 30.2 Å². The summed E-state index contributed by atoms with van der Waals surface area (Å²) in [4.78, 5) is 27.6. The second-order valence-electron chi connectivity index (χ2n) is 10.2. The van der Waals surface area contributed by atoms with Gasteiger partial charge in [0.05, 0.1) is 29.7 Å². The van der Waals surface area contributed by atoms with E-state index < -0.39 is 49.3 Å². The first-order valence-electron chi connectivity index (χ1n) is 10.1. The lowest BCUT2D eigenvalue weighted by molar-refractivity contribution is -0.180. The van der Waals surface area contributed by atoms with Crippen molar-refractivity contribution in [3.05, 3.63) is 17.9 Å². The molecule has 0 spiro atoms. The quantitative estimate of drug-likeness (QED) is 0.342. The lowest BCUT2D eigenvalue weighted by atomic mass is 9.69. The maximum Gasteiger partial charge on any atom is 0.408 e. The number of ether oxygens (including phenoxy) is 1. The maximum absolute atomic E-state index is 13.4. The Morgan fingerprint density at radius 2 is 1.97 bits per heavy atom. The number of likely N-dealkylation sites (tertiary alicyclic amines) is 1. The normalized spacial score (nSPS) is 24.5. The van der Waals surface area contributed by atoms with Gasteiger partial charge in [-0.25, -0.2) is 4.79 Å². The first kappa shape index (κ1) is 24.9. The van der Waals surface area contributed by atoms with Gasteiger partial charge in [0.1, 0.15) is 13.7 Å². The molecule has 1 aliphatic heterocycles. The fourth-order valence-corrected chi connectivity index (χ4v) is 5.75. The Morgan fingerprint density at radius 1 is 1.40 bits per heavy atom. The van der Waals surface area contributed by atoms with Crippen molar-refractivity contribution in [2.45, 2.75) is 83.5 Å². The third-order valence-corrected chi connectivity index (χ3v) is 7.19. The summed E-state index contributed by atoms with van der Waals surface area (Å²) in [6, 6.07) is 1.10. The van der Waals surface area contributed by atoms with E-state index in [2.05, 4.69) is 34.2 Å². The van der Waals surface area contributed by atoms with Gasteiger partial charge in [0.15, 0.2) is 5.54 Å². The number of hydrogen-bond donors (Lipinski definition) is 3. The second kappa shape index (κ2) is 8.26. The molecule has 5 atom stereocenters. The predicted octanol–water partition coefficient (Wildman–Crippen LogP) is 2.11. The number of carbonyl (C=O) groups is 2. The van der Waals surface area contributed by atoms with E-state index in [-0.39, 0.29) is 5.92 Å². The minimum Gasteiger partial charge on any atom is -0.474 e. The largest absolute Gasteiger partial charge is 0.474 e. The summed E-state index contributed by atoms with van der Waals surface area (Å²) in [6.07, 6.45) is -0.347. The van der Waals surface area contributed by atoms with Gasteiger partial charge in [0, 0.05) is 5.56 Å². The summed E-state index contributed by atoms with van der Waals surface area (Å²) in [6.45, 7) is 15.2. The number of amides is 2. The number of hydrogen-bond acceptors (Lipinski definition) is 6. The molecule has 1 aromatic rings. The van der Waals surface area contributed by atoms with E-state index in [1.54, 1.807) is 46.9 Å². The van der Waals surface area contributed by atoms with Crippen LogP contribution in [-0.4, -0.2) is 53.2 Å². The minimum absolute atomic E-state index is 0.309. The molecular formula is C20H36N3O5PSi. The third kappa shape index (κ3) is 4.44. The Hall–Kier alpha value is -1.41. The van der Waals surface area contributed by atoms with E-state index in [9.17, 15) is 14.7 Å². The SMILES string of the molecule is CC(C)[C@H](O)[C@]1(NC(=O)OC(C)(C)C)C(=O)N([C@@H](N)P)[C@H]1c1ccoc1[Si](C)(C)C. The number of alkyl carbamates (subject to hydrolysis) is 1. The number of nitrogens with two attached hydrogens (primary N) is 1. The number of nitrogens with one attached hydrogen (secondary N) is 1. The van der Waals surface area contributed by atoms with Gasteiger partial charge in [0.2, 0.25) is 0 Å². The molecule has 4 N–H and O–H groups in total. The van der Waals surface area contributed by atoms with E-state index in [0.717, 1.165) is 10.9 Å². The molecule has 1 fully saturated rings. The summed E-state index contributed by atoms with van der Waals surface area (Å²) < 4.78 is 11.2. The Kier molecular flexibility index (Phi) is 6.84. The molecule has 8 nitrogen and oxygen atoms in total. The molecule has 170 valence electrons. The van der Waals surface area contributed by atoms with Crippen molar-refractivity contribution in [1.29, 1.82) is 0 Å². The fraction of sp³-hybridized carbons (Fsp3) is 0.700. The van der Waals surface area contributed by atoms with Crippen molar-refractivity contribution in [2.24, 2.45) is 11.7 Å². The molecule has 0 aliphatic carbocycles. The van der Waals surface area contributed by atoms with E-state index in [4.69, 9.17) is 14.9 Å². The van der Waals surface area contributed by atoms with Gasteiger partial charge in [-0.05, 0) is 32.8 Å². The van der Waals surface area contributed by atoms with Crippen molar-refractivity contribution in [3.63, 3.8) is 0 Å². The van der Waals surface area contributed by atoms with E-state index in [1.807, 2.05) is 0 Å². The monoisotopic (exact) mass is 457 g/mol. The van der Waals surface area contributed by atoms with Crippen molar-refractivity contribution in [1.82, 2.24) is 10.2 Å². The first-order valence-corrected chi connectivity index (χ1v) is 14.3. The number of nitrogens with zero attached hydrogens (tertiary/aromatic N) is 1. The Morgan fingerprint density at radius 3 is 2.40 bits per heavy atom. The molecule has 1 unspecified atom stereocenters. The molecule has 1 aromatic heterocycles. The third-order valence-electron chi connectivity index (χ3n) is 5.10. The van der Waals surface area contributed by atoms with Gasteiger partial charge >= 0.3 is 6.09 Å². The minimum atomic E-state index is -1.94. The lowest BCUT2D eigenvalue weighted by Crippen LogP contribution is -2.82.